The van der Waals surface area contributed by atoms with Crippen molar-refractivity contribution in [3.8, 4) is 5.69 Å². The zero-order chi connectivity index (χ0) is 19.1. The Morgan fingerprint density at radius 3 is 2.33 bits per heavy atom. The van der Waals surface area contributed by atoms with Gasteiger partial charge in [0.05, 0.1) is 17.7 Å². The number of rotatable bonds is 3. The number of hydrogen-bond donors (Lipinski definition) is 0. The molecule has 0 unspecified atom stereocenters. The van der Waals surface area contributed by atoms with Gasteiger partial charge in [-0.15, -0.1) is 11.3 Å². The predicted octanol–water partition coefficient (Wildman–Crippen LogP) is 4.19. The van der Waals surface area contributed by atoms with Crippen molar-refractivity contribution in [2.24, 2.45) is 0 Å². The molecule has 4 aromatic rings. The van der Waals surface area contributed by atoms with Crippen molar-refractivity contribution in [1.82, 2.24) is 9.13 Å². The van der Waals surface area contributed by atoms with Crippen LogP contribution < -0.4 is 11.2 Å². The molecule has 5 heteroatoms. The Balaban J connectivity index is 2.03. The minimum atomic E-state index is -0.306. The zero-order valence-corrected chi connectivity index (χ0v) is 16.3. The molecule has 0 saturated heterocycles. The van der Waals surface area contributed by atoms with E-state index in [1.54, 1.807) is 4.57 Å². The van der Waals surface area contributed by atoms with Crippen molar-refractivity contribution in [3.05, 3.63) is 97.0 Å². The molecular weight excluding hydrogens is 356 g/mol. The van der Waals surface area contributed by atoms with Gasteiger partial charge in [0, 0.05) is 0 Å². The SMILES string of the molecule is Cc1cc(C)cc(-n2c(=O)c3sccc3n(Cc3ccccc3C)c2=O)c1. The maximum absolute atomic E-state index is 13.4. The monoisotopic (exact) mass is 376 g/mol. The number of hydrogen-bond acceptors (Lipinski definition) is 3. The van der Waals surface area contributed by atoms with E-state index in [0.717, 1.165) is 22.3 Å². The van der Waals surface area contributed by atoms with Crippen molar-refractivity contribution < 1.29 is 0 Å². The Morgan fingerprint density at radius 2 is 1.63 bits per heavy atom. The zero-order valence-electron chi connectivity index (χ0n) is 15.5. The third-order valence-corrected chi connectivity index (χ3v) is 5.70. The topological polar surface area (TPSA) is 44.0 Å². The van der Waals surface area contributed by atoms with Crippen LogP contribution in [0.25, 0.3) is 15.9 Å². The van der Waals surface area contributed by atoms with Crippen LogP contribution in [-0.4, -0.2) is 9.13 Å². The number of aryl methyl sites for hydroxylation is 3. The average molecular weight is 376 g/mol. The van der Waals surface area contributed by atoms with E-state index in [1.807, 2.05) is 74.7 Å². The Kier molecular flexibility index (Phi) is 4.32. The fourth-order valence-electron chi connectivity index (χ4n) is 3.51. The van der Waals surface area contributed by atoms with Gasteiger partial charge >= 0.3 is 5.69 Å². The summed E-state index contributed by atoms with van der Waals surface area (Å²) >= 11 is 1.38. The number of nitrogens with zero attached hydrogens (tertiary/aromatic N) is 2. The molecule has 27 heavy (non-hydrogen) atoms. The van der Waals surface area contributed by atoms with Gasteiger partial charge in [0.1, 0.15) is 4.70 Å². The Bertz CT molecular complexity index is 1260. The molecule has 0 aliphatic rings. The highest BCUT2D eigenvalue weighted by Gasteiger charge is 2.16. The van der Waals surface area contributed by atoms with Crippen molar-refractivity contribution in [1.29, 1.82) is 0 Å². The van der Waals surface area contributed by atoms with Crippen LogP contribution in [0.5, 0.6) is 0 Å². The highest BCUT2D eigenvalue weighted by atomic mass is 32.1. The summed E-state index contributed by atoms with van der Waals surface area (Å²) in [6, 6.07) is 15.7. The standard InChI is InChI=1S/C22H20N2O2S/c1-14-10-15(2)12-18(11-14)24-21(25)20-19(8-9-27-20)23(22(24)26)13-17-7-5-4-6-16(17)3/h4-12H,13H2,1-3H3. The van der Waals surface area contributed by atoms with Gasteiger partial charge in [0.25, 0.3) is 5.56 Å². The summed E-state index contributed by atoms with van der Waals surface area (Å²) in [7, 11) is 0. The summed E-state index contributed by atoms with van der Waals surface area (Å²) in [5.41, 5.74) is 4.99. The van der Waals surface area contributed by atoms with Crippen LogP contribution in [0, 0.1) is 20.8 Å². The Hall–Kier alpha value is -2.92. The maximum atomic E-state index is 13.4. The Labute approximate surface area is 161 Å². The first kappa shape index (κ1) is 17.5. The van der Waals surface area contributed by atoms with E-state index >= 15 is 0 Å². The molecule has 2 aromatic carbocycles. The number of benzene rings is 2. The first-order chi connectivity index (χ1) is 13.0. The first-order valence-electron chi connectivity index (χ1n) is 8.82. The molecule has 4 rings (SSSR count). The van der Waals surface area contributed by atoms with Crippen LogP contribution in [0.15, 0.2) is 63.5 Å². The predicted molar refractivity (Wildman–Crippen MR) is 111 cm³/mol. The van der Waals surface area contributed by atoms with E-state index < -0.39 is 0 Å². The van der Waals surface area contributed by atoms with Gasteiger partial charge in [-0.25, -0.2) is 9.36 Å². The van der Waals surface area contributed by atoms with Crippen molar-refractivity contribution >= 4 is 21.6 Å². The lowest BCUT2D eigenvalue weighted by atomic mass is 10.1. The van der Waals surface area contributed by atoms with Crippen LogP contribution in [0.2, 0.25) is 0 Å². The largest absolute Gasteiger partial charge is 0.336 e. The van der Waals surface area contributed by atoms with Gasteiger partial charge in [0.15, 0.2) is 0 Å². The molecule has 0 amide bonds. The summed E-state index contributed by atoms with van der Waals surface area (Å²) in [6.07, 6.45) is 0. The normalized spacial score (nSPS) is 11.2. The van der Waals surface area contributed by atoms with Crippen molar-refractivity contribution in [3.63, 3.8) is 0 Å². The van der Waals surface area contributed by atoms with Crippen LogP contribution in [0.3, 0.4) is 0 Å². The van der Waals surface area contributed by atoms with Crippen LogP contribution in [-0.2, 0) is 6.54 Å². The lowest BCUT2D eigenvalue weighted by Crippen LogP contribution is -2.38. The van der Waals surface area contributed by atoms with Gasteiger partial charge in [-0.3, -0.25) is 9.36 Å². The van der Waals surface area contributed by atoms with Gasteiger partial charge < -0.3 is 0 Å². The van der Waals surface area contributed by atoms with E-state index in [-0.39, 0.29) is 11.2 Å². The molecule has 2 aromatic heterocycles. The molecule has 0 spiro atoms. The number of aromatic nitrogens is 2. The Morgan fingerprint density at radius 1 is 0.926 bits per heavy atom. The average Bonchev–Trinajstić information content (AvgIpc) is 3.09. The van der Waals surface area contributed by atoms with E-state index in [4.69, 9.17) is 0 Å². The van der Waals surface area contributed by atoms with Crippen molar-refractivity contribution in [2.75, 3.05) is 0 Å². The van der Waals surface area contributed by atoms with Crippen LogP contribution >= 0.6 is 11.3 Å². The third-order valence-electron chi connectivity index (χ3n) is 4.81. The number of thiophene rings is 1. The second kappa shape index (κ2) is 6.67. The summed E-state index contributed by atoms with van der Waals surface area (Å²) in [5.74, 6) is 0. The molecule has 0 atom stereocenters. The molecular formula is C22H20N2O2S. The van der Waals surface area contributed by atoms with E-state index in [1.165, 1.54) is 15.9 Å². The fraction of sp³-hybridized carbons (Fsp3) is 0.182. The quantitative estimate of drug-likeness (QED) is 0.538. The van der Waals surface area contributed by atoms with Crippen molar-refractivity contribution in [2.45, 2.75) is 27.3 Å². The summed E-state index contributed by atoms with van der Waals surface area (Å²) in [6.45, 7) is 6.41. The smallest absolute Gasteiger partial charge is 0.288 e. The molecule has 0 aliphatic heterocycles. The highest BCUT2D eigenvalue weighted by molar-refractivity contribution is 7.17. The second-order valence-electron chi connectivity index (χ2n) is 6.92. The lowest BCUT2D eigenvalue weighted by Gasteiger charge is -2.14. The molecule has 0 N–H and O–H groups in total. The molecule has 136 valence electrons. The summed E-state index contributed by atoms with van der Waals surface area (Å²) in [4.78, 5) is 26.4. The maximum Gasteiger partial charge on any atom is 0.336 e. The summed E-state index contributed by atoms with van der Waals surface area (Å²) in [5, 5.41) is 1.87. The van der Waals surface area contributed by atoms with E-state index in [2.05, 4.69) is 0 Å². The minimum absolute atomic E-state index is 0.254. The summed E-state index contributed by atoms with van der Waals surface area (Å²) < 4.78 is 3.60. The molecule has 0 bridgehead atoms. The first-order valence-corrected chi connectivity index (χ1v) is 9.70. The molecule has 0 fully saturated rings. The molecule has 0 radical (unpaired) electrons. The minimum Gasteiger partial charge on any atom is -0.288 e. The lowest BCUT2D eigenvalue weighted by molar-refractivity contribution is 0.713. The highest BCUT2D eigenvalue weighted by Crippen LogP contribution is 2.19. The molecule has 0 saturated carbocycles. The third kappa shape index (κ3) is 3.04. The molecule has 4 nitrogen and oxygen atoms in total. The fourth-order valence-corrected chi connectivity index (χ4v) is 4.33. The van der Waals surface area contributed by atoms with E-state index in [0.29, 0.717) is 22.4 Å². The number of fused-ring (bicyclic) bond motifs is 1. The van der Waals surface area contributed by atoms with E-state index in [9.17, 15) is 9.59 Å². The van der Waals surface area contributed by atoms with Crippen LogP contribution in [0.1, 0.15) is 22.3 Å². The van der Waals surface area contributed by atoms with Gasteiger partial charge in [-0.2, -0.15) is 0 Å². The second-order valence-corrected chi connectivity index (χ2v) is 7.83. The van der Waals surface area contributed by atoms with Gasteiger partial charge in [0.2, 0.25) is 0 Å². The van der Waals surface area contributed by atoms with Gasteiger partial charge in [-0.1, -0.05) is 30.3 Å². The molecule has 0 aliphatic carbocycles. The van der Waals surface area contributed by atoms with Crippen LogP contribution in [0.4, 0.5) is 0 Å². The van der Waals surface area contributed by atoms with Gasteiger partial charge in [-0.05, 0) is 66.6 Å². The molecule has 2 heterocycles.